The molecular formula is C26H32O4. The summed E-state index contributed by atoms with van der Waals surface area (Å²) in [6.07, 6.45) is 7.70. The van der Waals surface area contributed by atoms with Crippen LogP contribution in [0, 0.1) is 0 Å². The maximum atomic E-state index is 12.6. The number of allylic oxidation sites excluding steroid dienone is 2. The third-order valence-corrected chi connectivity index (χ3v) is 4.34. The zero-order valence-corrected chi connectivity index (χ0v) is 18.3. The zero-order valence-electron chi connectivity index (χ0n) is 18.3. The summed E-state index contributed by atoms with van der Waals surface area (Å²) >= 11 is 0. The average Bonchev–Trinajstić information content (AvgIpc) is 2.76. The summed E-state index contributed by atoms with van der Waals surface area (Å²) in [6, 6.07) is 11.1. The van der Waals surface area contributed by atoms with Crippen molar-refractivity contribution in [1.29, 1.82) is 0 Å². The number of hydrogen-bond donors (Lipinski definition) is 0. The lowest BCUT2D eigenvalue weighted by atomic mass is 10.0. The predicted molar refractivity (Wildman–Crippen MR) is 123 cm³/mol. The van der Waals surface area contributed by atoms with Crippen LogP contribution in [0.25, 0.3) is 6.08 Å². The molecule has 0 aliphatic carbocycles. The quantitative estimate of drug-likeness (QED) is 0.222. The van der Waals surface area contributed by atoms with Crippen molar-refractivity contribution in [2.24, 2.45) is 0 Å². The highest BCUT2D eigenvalue weighted by molar-refractivity contribution is 6.06. The summed E-state index contributed by atoms with van der Waals surface area (Å²) in [6.45, 7) is 11.8. The third kappa shape index (κ3) is 6.80. The van der Waals surface area contributed by atoms with Gasteiger partial charge in [-0.15, -0.1) is 6.58 Å². The Bertz CT molecular complexity index is 821. The SMILES string of the molecule is C=CCc1c(OCCC)cc(C=CC(=O)c2ccc(OCC)cc2)cc1OCCC. The van der Waals surface area contributed by atoms with Gasteiger partial charge >= 0.3 is 0 Å². The lowest BCUT2D eigenvalue weighted by Gasteiger charge is -2.16. The molecule has 0 saturated carbocycles. The molecule has 2 aromatic carbocycles. The number of carbonyl (C=O) groups excluding carboxylic acids is 1. The summed E-state index contributed by atoms with van der Waals surface area (Å²) in [5.74, 6) is 2.24. The molecule has 0 heterocycles. The van der Waals surface area contributed by atoms with E-state index in [1.807, 2.05) is 37.3 Å². The van der Waals surface area contributed by atoms with Crippen molar-refractivity contribution >= 4 is 11.9 Å². The molecule has 30 heavy (non-hydrogen) atoms. The van der Waals surface area contributed by atoms with Crippen molar-refractivity contribution in [3.63, 3.8) is 0 Å². The molecule has 0 N–H and O–H groups in total. The molecule has 0 bridgehead atoms. The molecule has 0 aliphatic heterocycles. The summed E-state index contributed by atoms with van der Waals surface area (Å²) in [4.78, 5) is 12.6. The van der Waals surface area contributed by atoms with Crippen LogP contribution in [0.15, 0.2) is 55.1 Å². The van der Waals surface area contributed by atoms with Gasteiger partial charge in [0.1, 0.15) is 17.2 Å². The standard InChI is InChI=1S/C26H32O4/c1-5-9-23-25(29-16-6-2)18-20(19-26(23)30-17-7-3)10-15-24(27)21-11-13-22(14-12-21)28-8-4/h5,10-15,18-19H,1,6-9,16-17H2,2-4H3. The van der Waals surface area contributed by atoms with Crippen LogP contribution in [-0.4, -0.2) is 25.6 Å². The minimum Gasteiger partial charge on any atom is -0.494 e. The maximum Gasteiger partial charge on any atom is 0.185 e. The van der Waals surface area contributed by atoms with Gasteiger partial charge in [-0.3, -0.25) is 4.79 Å². The molecule has 4 heteroatoms. The summed E-state index contributed by atoms with van der Waals surface area (Å²) in [7, 11) is 0. The molecule has 0 radical (unpaired) electrons. The zero-order chi connectivity index (χ0) is 21.8. The van der Waals surface area contributed by atoms with Crippen LogP contribution in [0.4, 0.5) is 0 Å². The summed E-state index contributed by atoms with van der Waals surface area (Å²) < 4.78 is 17.4. The Labute approximate surface area is 180 Å². The van der Waals surface area contributed by atoms with E-state index in [1.54, 1.807) is 24.3 Å². The lowest BCUT2D eigenvalue weighted by molar-refractivity contribution is 0.104. The van der Waals surface area contributed by atoms with Gasteiger partial charge in [-0.1, -0.05) is 26.0 Å². The number of rotatable bonds is 13. The Morgan fingerprint density at radius 3 is 2.03 bits per heavy atom. The van der Waals surface area contributed by atoms with E-state index in [0.29, 0.717) is 31.8 Å². The van der Waals surface area contributed by atoms with Crippen molar-refractivity contribution in [1.82, 2.24) is 0 Å². The molecule has 0 aliphatic rings. The molecule has 0 atom stereocenters. The number of benzene rings is 2. The topological polar surface area (TPSA) is 44.8 Å². The molecule has 160 valence electrons. The molecule has 0 spiro atoms. The highest BCUT2D eigenvalue weighted by atomic mass is 16.5. The Hall–Kier alpha value is -3.01. The second kappa shape index (κ2) is 12.5. The molecule has 0 saturated heterocycles. The smallest absolute Gasteiger partial charge is 0.185 e. The molecule has 4 nitrogen and oxygen atoms in total. The van der Waals surface area contributed by atoms with Crippen LogP contribution in [-0.2, 0) is 6.42 Å². The molecule has 2 aromatic rings. The van der Waals surface area contributed by atoms with E-state index in [9.17, 15) is 4.79 Å². The van der Waals surface area contributed by atoms with Crippen LogP contribution in [0.5, 0.6) is 17.2 Å². The molecule has 2 rings (SSSR count). The average molecular weight is 409 g/mol. The van der Waals surface area contributed by atoms with Crippen LogP contribution in [0.2, 0.25) is 0 Å². The van der Waals surface area contributed by atoms with E-state index in [2.05, 4.69) is 20.4 Å². The molecule has 0 aromatic heterocycles. The lowest BCUT2D eigenvalue weighted by Crippen LogP contribution is -2.04. The van der Waals surface area contributed by atoms with Gasteiger partial charge in [-0.05, 0) is 74.2 Å². The van der Waals surface area contributed by atoms with Crippen molar-refractivity contribution in [3.8, 4) is 17.2 Å². The number of carbonyl (C=O) groups is 1. The Kier molecular flexibility index (Phi) is 9.72. The second-order valence-corrected chi connectivity index (χ2v) is 6.84. The van der Waals surface area contributed by atoms with Gasteiger partial charge in [0.2, 0.25) is 0 Å². The monoisotopic (exact) mass is 408 g/mol. The number of ketones is 1. The fourth-order valence-corrected chi connectivity index (χ4v) is 2.91. The van der Waals surface area contributed by atoms with Gasteiger partial charge in [0.05, 0.1) is 19.8 Å². The van der Waals surface area contributed by atoms with Crippen molar-refractivity contribution < 1.29 is 19.0 Å². The van der Waals surface area contributed by atoms with Crippen LogP contribution >= 0.6 is 0 Å². The number of hydrogen-bond acceptors (Lipinski definition) is 4. The van der Waals surface area contributed by atoms with Crippen molar-refractivity contribution in [3.05, 3.63) is 71.8 Å². The van der Waals surface area contributed by atoms with Crippen LogP contribution in [0.1, 0.15) is 55.1 Å². The molecule has 0 fully saturated rings. The van der Waals surface area contributed by atoms with E-state index in [0.717, 1.165) is 41.2 Å². The predicted octanol–water partition coefficient (Wildman–Crippen LogP) is 6.29. The number of ether oxygens (including phenoxy) is 3. The summed E-state index contributed by atoms with van der Waals surface area (Å²) in [5.41, 5.74) is 2.46. The van der Waals surface area contributed by atoms with E-state index >= 15 is 0 Å². The Morgan fingerprint density at radius 1 is 0.933 bits per heavy atom. The first-order chi connectivity index (χ1) is 14.6. The fraction of sp³-hybridized carbons (Fsp3) is 0.346. The first kappa shape index (κ1) is 23.3. The molecule has 0 amide bonds. The maximum absolute atomic E-state index is 12.6. The van der Waals surface area contributed by atoms with Gasteiger partial charge < -0.3 is 14.2 Å². The fourth-order valence-electron chi connectivity index (χ4n) is 2.91. The largest absolute Gasteiger partial charge is 0.494 e. The normalized spacial score (nSPS) is 10.8. The highest BCUT2D eigenvalue weighted by Gasteiger charge is 2.12. The van der Waals surface area contributed by atoms with Crippen LogP contribution in [0.3, 0.4) is 0 Å². The minimum atomic E-state index is -0.0692. The third-order valence-electron chi connectivity index (χ3n) is 4.34. The molecular weight excluding hydrogens is 376 g/mol. The Morgan fingerprint density at radius 2 is 1.53 bits per heavy atom. The van der Waals surface area contributed by atoms with E-state index in [4.69, 9.17) is 14.2 Å². The van der Waals surface area contributed by atoms with Gasteiger partial charge in [0.25, 0.3) is 0 Å². The first-order valence-electron chi connectivity index (χ1n) is 10.6. The van der Waals surface area contributed by atoms with Crippen molar-refractivity contribution in [2.45, 2.75) is 40.0 Å². The first-order valence-corrected chi connectivity index (χ1v) is 10.6. The van der Waals surface area contributed by atoms with Gasteiger partial charge in [0.15, 0.2) is 5.78 Å². The van der Waals surface area contributed by atoms with E-state index < -0.39 is 0 Å². The van der Waals surface area contributed by atoms with Gasteiger partial charge in [-0.25, -0.2) is 0 Å². The second-order valence-electron chi connectivity index (χ2n) is 6.84. The van der Waals surface area contributed by atoms with Gasteiger partial charge in [-0.2, -0.15) is 0 Å². The van der Waals surface area contributed by atoms with Crippen molar-refractivity contribution in [2.75, 3.05) is 19.8 Å². The van der Waals surface area contributed by atoms with E-state index in [-0.39, 0.29) is 5.78 Å². The van der Waals surface area contributed by atoms with Crippen LogP contribution < -0.4 is 14.2 Å². The van der Waals surface area contributed by atoms with Gasteiger partial charge in [0, 0.05) is 11.1 Å². The minimum absolute atomic E-state index is 0.0692. The van der Waals surface area contributed by atoms with E-state index in [1.165, 1.54) is 0 Å². The molecule has 0 unspecified atom stereocenters. The Balaban J connectivity index is 2.29. The summed E-state index contributed by atoms with van der Waals surface area (Å²) in [5, 5.41) is 0. The highest BCUT2D eigenvalue weighted by Crippen LogP contribution is 2.33.